The molecule has 0 aliphatic heterocycles. The molecule has 94 valence electrons. The van der Waals surface area contributed by atoms with Crippen LogP contribution in [0.25, 0.3) is 0 Å². The van der Waals surface area contributed by atoms with Gasteiger partial charge >= 0.3 is 5.97 Å². The van der Waals surface area contributed by atoms with Gasteiger partial charge < -0.3 is 10.1 Å². The number of rotatable bonds is 4. The van der Waals surface area contributed by atoms with E-state index in [-0.39, 0.29) is 5.57 Å². The van der Waals surface area contributed by atoms with Crippen LogP contribution in [0.15, 0.2) is 34.9 Å². The molecular formula is C12H11ClN2O2S. The molecule has 0 saturated heterocycles. The van der Waals surface area contributed by atoms with Gasteiger partial charge in [-0.25, -0.2) is 4.79 Å². The van der Waals surface area contributed by atoms with Gasteiger partial charge in [0.2, 0.25) is 0 Å². The normalized spacial score (nSPS) is 11.2. The van der Waals surface area contributed by atoms with E-state index in [4.69, 9.17) is 16.9 Å². The highest BCUT2D eigenvalue weighted by Crippen LogP contribution is 2.22. The first-order chi connectivity index (χ1) is 8.62. The topological polar surface area (TPSA) is 62.1 Å². The standard InChI is InChI=1S/C12H11ClN2O2S/c1-17-12(16)10(7-14)11(18-2)15-9-5-3-8(13)4-6-9/h3-6,15H,1-2H3/b11-10-. The van der Waals surface area contributed by atoms with Crippen molar-refractivity contribution in [3.63, 3.8) is 0 Å². The lowest BCUT2D eigenvalue weighted by Crippen LogP contribution is -2.09. The third-order valence-corrected chi connectivity index (χ3v) is 3.00. The average molecular weight is 283 g/mol. The predicted octanol–water partition coefficient (Wildman–Crippen LogP) is 3.02. The van der Waals surface area contributed by atoms with Crippen LogP contribution in [0.3, 0.4) is 0 Å². The average Bonchev–Trinajstić information content (AvgIpc) is 2.40. The molecule has 0 heterocycles. The van der Waals surface area contributed by atoms with Gasteiger partial charge in [-0.15, -0.1) is 11.8 Å². The molecule has 0 saturated carbocycles. The van der Waals surface area contributed by atoms with Crippen LogP contribution in [0.1, 0.15) is 0 Å². The summed E-state index contributed by atoms with van der Waals surface area (Å²) in [5.74, 6) is -0.664. The van der Waals surface area contributed by atoms with Gasteiger partial charge in [0, 0.05) is 10.7 Å². The van der Waals surface area contributed by atoms with Crippen LogP contribution in [0.4, 0.5) is 5.69 Å². The molecule has 1 aromatic rings. The van der Waals surface area contributed by atoms with Crippen molar-refractivity contribution in [2.24, 2.45) is 0 Å². The van der Waals surface area contributed by atoms with Gasteiger partial charge in [0.15, 0.2) is 5.57 Å². The molecule has 1 N–H and O–H groups in total. The van der Waals surface area contributed by atoms with Crippen molar-refractivity contribution in [1.82, 2.24) is 0 Å². The van der Waals surface area contributed by atoms with Gasteiger partial charge in [-0.2, -0.15) is 5.26 Å². The van der Waals surface area contributed by atoms with Crippen molar-refractivity contribution < 1.29 is 9.53 Å². The summed E-state index contributed by atoms with van der Waals surface area (Å²) in [4.78, 5) is 11.4. The number of esters is 1. The number of ether oxygens (including phenoxy) is 1. The number of thioether (sulfide) groups is 1. The number of hydrogen-bond donors (Lipinski definition) is 1. The van der Waals surface area contributed by atoms with Crippen molar-refractivity contribution >= 4 is 35.0 Å². The monoisotopic (exact) mass is 282 g/mol. The summed E-state index contributed by atoms with van der Waals surface area (Å²) in [7, 11) is 1.24. The maximum absolute atomic E-state index is 11.4. The number of carbonyl (C=O) groups is 1. The molecule has 0 aromatic heterocycles. The van der Waals surface area contributed by atoms with Crippen molar-refractivity contribution in [3.05, 3.63) is 39.9 Å². The lowest BCUT2D eigenvalue weighted by Gasteiger charge is -2.10. The van der Waals surface area contributed by atoms with E-state index in [0.29, 0.717) is 10.1 Å². The number of hydrogen-bond acceptors (Lipinski definition) is 5. The number of nitrogens with zero attached hydrogens (tertiary/aromatic N) is 1. The van der Waals surface area contributed by atoms with E-state index < -0.39 is 5.97 Å². The second kappa shape index (κ2) is 6.94. The van der Waals surface area contributed by atoms with Gasteiger partial charge in [0.05, 0.1) is 12.1 Å². The Morgan fingerprint density at radius 3 is 2.50 bits per heavy atom. The number of nitrogens with one attached hydrogen (secondary N) is 1. The minimum atomic E-state index is -0.664. The predicted molar refractivity (Wildman–Crippen MR) is 73.2 cm³/mol. The fourth-order valence-corrected chi connectivity index (χ4v) is 1.85. The molecule has 6 heteroatoms. The van der Waals surface area contributed by atoms with Crippen molar-refractivity contribution in [2.45, 2.75) is 0 Å². The van der Waals surface area contributed by atoms with Crippen LogP contribution in [-0.4, -0.2) is 19.3 Å². The lowest BCUT2D eigenvalue weighted by atomic mass is 10.3. The van der Waals surface area contributed by atoms with E-state index in [0.717, 1.165) is 5.69 Å². The first kappa shape index (κ1) is 14.4. The molecule has 18 heavy (non-hydrogen) atoms. The molecule has 4 nitrogen and oxygen atoms in total. The highest BCUT2D eigenvalue weighted by atomic mass is 35.5. The van der Waals surface area contributed by atoms with E-state index in [1.165, 1.54) is 18.9 Å². The smallest absolute Gasteiger partial charge is 0.351 e. The Balaban J connectivity index is 3.03. The van der Waals surface area contributed by atoms with Crippen LogP contribution >= 0.6 is 23.4 Å². The Hall–Kier alpha value is -1.64. The molecule has 0 radical (unpaired) electrons. The zero-order valence-corrected chi connectivity index (χ0v) is 11.4. The molecule has 0 amide bonds. The number of anilines is 1. The fourth-order valence-electron chi connectivity index (χ4n) is 1.17. The highest BCUT2D eigenvalue weighted by molar-refractivity contribution is 8.02. The first-order valence-electron chi connectivity index (χ1n) is 4.91. The number of methoxy groups -OCH3 is 1. The summed E-state index contributed by atoms with van der Waals surface area (Å²) in [6.07, 6.45) is 1.76. The largest absolute Gasteiger partial charge is 0.465 e. The molecule has 0 unspecified atom stereocenters. The summed E-state index contributed by atoms with van der Waals surface area (Å²) >= 11 is 7.03. The third-order valence-electron chi connectivity index (χ3n) is 2.03. The van der Waals surface area contributed by atoms with Crippen LogP contribution in [0.2, 0.25) is 5.02 Å². The molecule has 0 spiro atoms. The van der Waals surface area contributed by atoms with Gasteiger partial charge in [-0.1, -0.05) is 11.6 Å². The molecular weight excluding hydrogens is 272 g/mol. The second-order valence-corrected chi connectivity index (χ2v) is 4.40. The molecule has 0 aliphatic carbocycles. The van der Waals surface area contributed by atoms with Crippen molar-refractivity contribution in [3.8, 4) is 6.07 Å². The zero-order valence-electron chi connectivity index (χ0n) is 9.86. The summed E-state index contributed by atoms with van der Waals surface area (Å²) in [6.45, 7) is 0. The number of carbonyl (C=O) groups excluding carboxylic acids is 1. The Morgan fingerprint density at radius 1 is 1.44 bits per heavy atom. The van der Waals surface area contributed by atoms with Crippen molar-refractivity contribution in [2.75, 3.05) is 18.7 Å². The molecule has 1 aromatic carbocycles. The summed E-state index contributed by atoms with van der Waals surface area (Å²) in [5, 5.41) is 13.0. The van der Waals surface area contributed by atoms with E-state index in [9.17, 15) is 4.79 Å². The first-order valence-corrected chi connectivity index (χ1v) is 6.52. The number of halogens is 1. The van der Waals surface area contributed by atoms with Gasteiger partial charge in [0.25, 0.3) is 0 Å². The Morgan fingerprint density at radius 2 is 2.06 bits per heavy atom. The van der Waals surface area contributed by atoms with Crippen LogP contribution in [-0.2, 0) is 9.53 Å². The number of nitriles is 1. The van der Waals surface area contributed by atoms with Gasteiger partial charge in [-0.05, 0) is 30.5 Å². The van der Waals surface area contributed by atoms with E-state index in [1.54, 1.807) is 30.5 Å². The molecule has 1 rings (SSSR count). The number of benzene rings is 1. The van der Waals surface area contributed by atoms with Crippen molar-refractivity contribution in [1.29, 1.82) is 5.26 Å². The lowest BCUT2D eigenvalue weighted by molar-refractivity contribution is -0.135. The van der Waals surface area contributed by atoms with Gasteiger partial charge in [0.1, 0.15) is 6.07 Å². The van der Waals surface area contributed by atoms with Gasteiger partial charge in [-0.3, -0.25) is 0 Å². The molecule has 0 aliphatic rings. The third kappa shape index (κ3) is 3.69. The molecule has 0 bridgehead atoms. The Labute approximate surface area is 115 Å². The summed E-state index contributed by atoms with van der Waals surface area (Å²) < 4.78 is 4.55. The van der Waals surface area contributed by atoms with E-state index in [1.807, 2.05) is 6.07 Å². The van der Waals surface area contributed by atoms with Crippen LogP contribution in [0.5, 0.6) is 0 Å². The molecule has 0 atom stereocenters. The Bertz CT molecular complexity index is 506. The van der Waals surface area contributed by atoms with Crippen LogP contribution < -0.4 is 5.32 Å². The van der Waals surface area contributed by atoms with E-state index in [2.05, 4.69) is 10.1 Å². The maximum Gasteiger partial charge on any atom is 0.351 e. The Kier molecular flexibility index (Phi) is 5.56. The second-order valence-electron chi connectivity index (χ2n) is 3.14. The summed E-state index contributed by atoms with van der Waals surface area (Å²) in [6, 6.07) is 8.77. The minimum absolute atomic E-state index is 0.0556. The molecule has 0 fully saturated rings. The van der Waals surface area contributed by atoms with Crippen LogP contribution in [0, 0.1) is 11.3 Å². The summed E-state index contributed by atoms with van der Waals surface area (Å²) in [5.41, 5.74) is 0.681. The highest BCUT2D eigenvalue weighted by Gasteiger charge is 2.15. The quantitative estimate of drug-likeness (QED) is 0.522. The maximum atomic E-state index is 11.4. The van der Waals surface area contributed by atoms with E-state index >= 15 is 0 Å². The fraction of sp³-hybridized carbons (Fsp3) is 0.167. The minimum Gasteiger partial charge on any atom is -0.465 e. The SMILES string of the molecule is COC(=O)/C(C#N)=C(/Nc1ccc(Cl)cc1)SC. The zero-order chi connectivity index (χ0) is 13.5.